The van der Waals surface area contributed by atoms with Crippen LogP contribution < -0.4 is 10.0 Å². The molecule has 0 bridgehead atoms. The van der Waals surface area contributed by atoms with Crippen LogP contribution in [0.5, 0.6) is 0 Å². The summed E-state index contributed by atoms with van der Waals surface area (Å²) < 4.78 is 32.2. The minimum absolute atomic E-state index is 0.245. The number of hydrogen-bond acceptors (Lipinski definition) is 5. The first kappa shape index (κ1) is 23.6. The quantitative estimate of drug-likeness (QED) is 0.332. The van der Waals surface area contributed by atoms with Crippen LogP contribution in [0.1, 0.15) is 25.3 Å². The molecule has 1 aromatic rings. The second-order valence-corrected chi connectivity index (χ2v) is 9.01. The lowest BCUT2D eigenvalue weighted by Crippen LogP contribution is -2.45. The number of guanidine groups is 1. The summed E-state index contributed by atoms with van der Waals surface area (Å²) in [6.07, 6.45) is 2.46. The van der Waals surface area contributed by atoms with Crippen molar-refractivity contribution in [1.82, 2.24) is 19.8 Å². The normalized spacial score (nSPS) is 18.2. The number of nitrogens with zero attached hydrogens (tertiary/aromatic N) is 3. The third kappa shape index (κ3) is 6.95. The molecular formula is C20H35N5O3S. The highest BCUT2D eigenvalue weighted by Crippen LogP contribution is 2.17. The van der Waals surface area contributed by atoms with Crippen molar-refractivity contribution < 1.29 is 13.2 Å². The van der Waals surface area contributed by atoms with Gasteiger partial charge in [0, 0.05) is 46.9 Å². The van der Waals surface area contributed by atoms with Crippen LogP contribution in [-0.2, 0) is 21.3 Å². The van der Waals surface area contributed by atoms with Gasteiger partial charge < -0.3 is 15.0 Å². The van der Waals surface area contributed by atoms with E-state index in [0.29, 0.717) is 19.2 Å². The molecule has 1 aromatic carbocycles. The average molecular weight is 426 g/mol. The standard InChI is InChI=1S/C20H35N5O3S/c1-5-25-12-7-9-18(25)16-24(3)20(21-2)22-15-17-8-6-10-19(14-17)29(26,27)23-11-13-28-4/h6,8,10,14,18,23H,5,7,9,11-13,15-16H2,1-4H3,(H,21,22). The van der Waals surface area contributed by atoms with Gasteiger partial charge in [-0.25, -0.2) is 13.1 Å². The first-order chi connectivity index (χ1) is 13.9. The van der Waals surface area contributed by atoms with Gasteiger partial charge in [-0.05, 0) is 43.6 Å². The summed E-state index contributed by atoms with van der Waals surface area (Å²) in [7, 11) is 1.81. The van der Waals surface area contributed by atoms with Gasteiger partial charge >= 0.3 is 0 Å². The van der Waals surface area contributed by atoms with Gasteiger partial charge in [-0.1, -0.05) is 19.1 Å². The van der Waals surface area contributed by atoms with E-state index >= 15 is 0 Å². The van der Waals surface area contributed by atoms with E-state index < -0.39 is 10.0 Å². The van der Waals surface area contributed by atoms with Gasteiger partial charge in [-0.3, -0.25) is 9.89 Å². The molecule has 8 nitrogen and oxygen atoms in total. The zero-order chi connectivity index (χ0) is 21.3. The van der Waals surface area contributed by atoms with E-state index in [-0.39, 0.29) is 11.4 Å². The molecule has 0 aromatic heterocycles. The van der Waals surface area contributed by atoms with Crippen LogP contribution in [0.15, 0.2) is 34.2 Å². The second kappa shape index (κ2) is 11.5. The Hall–Kier alpha value is -1.68. The Morgan fingerprint density at radius 1 is 1.41 bits per heavy atom. The highest BCUT2D eigenvalue weighted by atomic mass is 32.2. The first-order valence-electron chi connectivity index (χ1n) is 10.1. The largest absolute Gasteiger partial charge is 0.383 e. The molecule has 0 amide bonds. The molecule has 29 heavy (non-hydrogen) atoms. The van der Waals surface area contributed by atoms with Gasteiger partial charge in [0.2, 0.25) is 10.0 Å². The van der Waals surface area contributed by atoms with Crippen LogP contribution in [0, 0.1) is 0 Å². The summed E-state index contributed by atoms with van der Waals surface area (Å²) >= 11 is 0. The SMILES string of the molecule is CCN1CCCC1CN(C)C(=NC)NCc1cccc(S(=O)(=O)NCCOC)c1. The number of sulfonamides is 1. The number of rotatable bonds is 10. The molecule has 9 heteroatoms. The summed E-state index contributed by atoms with van der Waals surface area (Å²) in [6.45, 7) is 6.45. The van der Waals surface area contributed by atoms with Crippen molar-refractivity contribution in [2.45, 2.75) is 37.2 Å². The maximum absolute atomic E-state index is 12.4. The number of likely N-dealkylation sites (tertiary alicyclic amines) is 1. The fraction of sp³-hybridized carbons (Fsp3) is 0.650. The van der Waals surface area contributed by atoms with Crippen molar-refractivity contribution in [3.05, 3.63) is 29.8 Å². The highest BCUT2D eigenvalue weighted by molar-refractivity contribution is 7.89. The molecule has 0 spiro atoms. The van der Waals surface area contributed by atoms with Crippen LogP contribution in [0.4, 0.5) is 0 Å². The van der Waals surface area contributed by atoms with E-state index in [4.69, 9.17) is 4.74 Å². The van der Waals surface area contributed by atoms with E-state index in [0.717, 1.165) is 24.6 Å². The molecule has 0 saturated carbocycles. The Balaban J connectivity index is 1.95. The molecule has 1 unspecified atom stereocenters. The van der Waals surface area contributed by atoms with E-state index in [2.05, 4.69) is 31.8 Å². The maximum atomic E-state index is 12.4. The number of hydrogen-bond donors (Lipinski definition) is 2. The summed E-state index contributed by atoms with van der Waals surface area (Å²) in [5.74, 6) is 0.805. The van der Waals surface area contributed by atoms with Crippen molar-refractivity contribution in [3.8, 4) is 0 Å². The molecule has 1 saturated heterocycles. The predicted octanol–water partition coefficient (Wildman–Crippen LogP) is 1.10. The monoisotopic (exact) mass is 425 g/mol. The zero-order valence-electron chi connectivity index (χ0n) is 18.0. The van der Waals surface area contributed by atoms with Crippen molar-refractivity contribution in [3.63, 3.8) is 0 Å². The number of methoxy groups -OCH3 is 1. The third-order valence-corrected chi connectivity index (χ3v) is 6.68. The number of likely N-dealkylation sites (N-methyl/N-ethyl adjacent to an activating group) is 2. The summed E-state index contributed by atoms with van der Waals surface area (Å²) in [5, 5.41) is 3.35. The van der Waals surface area contributed by atoms with Gasteiger partial charge in [0.05, 0.1) is 11.5 Å². The number of nitrogens with one attached hydrogen (secondary N) is 2. The molecule has 0 radical (unpaired) electrons. The van der Waals surface area contributed by atoms with Crippen molar-refractivity contribution in [2.75, 3.05) is 54.0 Å². The molecule has 1 aliphatic rings. The molecule has 1 heterocycles. The number of ether oxygens (including phenoxy) is 1. The van der Waals surface area contributed by atoms with E-state index in [1.807, 2.05) is 13.1 Å². The summed E-state index contributed by atoms with van der Waals surface area (Å²) in [4.78, 5) is 9.29. The lowest BCUT2D eigenvalue weighted by atomic mass is 10.2. The Kier molecular flexibility index (Phi) is 9.35. The predicted molar refractivity (Wildman–Crippen MR) is 117 cm³/mol. The zero-order valence-corrected chi connectivity index (χ0v) is 18.8. The van der Waals surface area contributed by atoms with Crippen LogP contribution in [0.25, 0.3) is 0 Å². The van der Waals surface area contributed by atoms with Crippen LogP contribution in [-0.4, -0.2) is 84.2 Å². The molecule has 1 aliphatic heterocycles. The Morgan fingerprint density at radius 2 is 2.21 bits per heavy atom. The number of benzene rings is 1. The highest BCUT2D eigenvalue weighted by Gasteiger charge is 2.25. The lowest BCUT2D eigenvalue weighted by Gasteiger charge is -2.29. The van der Waals surface area contributed by atoms with E-state index in [1.165, 1.54) is 26.5 Å². The smallest absolute Gasteiger partial charge is 0.240 e. The van der Waals surface area contributed by atoms with Gasteiger partial charge in [-0.2, -0.15) is 0 Å². The summed E-state index contributed by atoms with van der Waals surface area (Å²) in [5.41, 5.74) is 0.880. The Labute approximate surface area is 175 Å². The Morgan fingerprint density at radius 3 is 2.90 bits per heavy atom. The van der Waals surface area contributed by atoms with E-state index in [1.54, 1.807) is 25.2 Å². The molecule has 2 rings (SSSR count). The number of aliphatic imine (C=N–C) groups is 1. The minimum Gasteiger partial charge on any atom is -0.383 e. The second-order valence-electron chi connectivity index (χ2n) is 7.24. The fourth-order valence-electron chi connectivity index (χ4n) is 3.67. The fourth-order valence-corrected chi connectivity index (χ4v) is 4.75. The van der Waals surface area contributed by atoms with Crippen LogP contribution >= 0.6 is 0 Å². The van der Waals surface area contributed by atoms with Crippen LogP contribution in [0.3, 0.4) is 0 Å². The molecule has 164 valence electrons. The average Bonchev–Trinajstić information content (AvgIpc) is 3.16. The Bertz CT molecular complexity index is 769. The molecule has 1 fully saturated rings. The summed E-state index contributed by atoms with van der Waals surface area (Å²) in [6, 6.07) is 7.50. The van der Waals surface area contributed by atoms with E-state index in [9.17, 15) is 8.42 Å². The molecular weight excluding hydrogens is 390 g/mol. The van der Waals surface area contributed by atoms with Crippen molar-refractivity contribution >= 4 is 16.0 Å². The molecule has 0 aliphatic carbocycles. The molecule has 2 N–H and O–H groups in total. The molecule has 1 atom stereocenters. The minimum atomic E-state index is -3.54. The maximum Gasteiger partial charge on any atom is 0.240 e. The first-order valence-corrected chi connectivity index (χ1v) is 11.6. The van der Waals surface area contributed by atoms with Gasteiger partial charge in [0.15, 0.2) is 5.96 Å². The van der Waals surface area contributed by atoms with Crippen molar-refractivity contribution in [1.29, 1.82) is 0 Å². The van der Waals surface area contributed by atoms with Gasteiger partial charge in [-0.15, -0.1) is 0 Å². The van der Waals surface area contributed by atoms with Gasteiger partial charge in [0.25, 0.3) is 0 Å². The van der Waals surface area contributed by atoms with Crippen LogP contribution in [0.2, 0.25) is 0 Å². The third-order valence-electron chi connectivity index (χ3n) is 5.22. The topological polar surface area (TPSA) is 86.3 Å². The lowest BCUT2D eigenvalue weighted by molar-refractivity contribution is 0.204. The van der Waals surface area contributed by atoms with Crippen molar-refractivity contribution in [2.24, 2.45) is 4.99 Å². The van der Waals surface area contributed by atoms with Gasteiger partial charge in [0.1, 0.15) is 0 Å².